The summed E-state index contributed by atoms with van der Waals surface area (Å²) in [7, 11) is 0. The second kappa shape index (κ2) is 9.42. The molecule has 1 atom stereocenters. The van der Waals surface area contributed by atoms with E-state index in [1.165, 1.54) is 23.1 Å². The number of nitrogens with one attached hydrogen (secondary N) is 2. The summed E-state index contributed by atoms with van der Waals surface area (Å²) in [5.41, 5.74) is -1.29. The Labute approximate surface area is 182 Å². The third kappa shape index (κ3) is 5.01. The van der Waals surface area contributed by atoms with Crippen LogP contribution in [0.3, 0.4) is 0 Å². The van der Waals surface area contributed by atoms with E-state index in [2.05, 4.69) is 10.6 Å². The molecule has 2 aromatic rings. The van der Waals surface area contributed by atoms with Crippen molar-refractivity contribution >= 4 is 35.0 Å². The first-order valence-electron chi connectivity index (χ1n) is 9.51. The van der Waals surface area contributed by atoms with Crippen molar-refractivity contribution in [1.29, 1.82) is 0 Å². The van der Waals surface area contributed by atoms with Crippen molar-refractivity contribution in [1.82, 2.24) is 10.6 Å². The van der Waals surface area contributed by atoms with Gasteiger partial charge in [-0.1, -0.05) is 17.7 Å². The monoisotopic (exact) mass is 449 g/mol. The molecule has 0 bridgehead atoms. The number of nitrogens with zero attached hydrogens (tertiary/aromatic N) is 1. The number of benzene rings is 2. The van der Waals surface area contributed by atoms with Gasteiger partial charge in [-0.05, 0) is 42.0 Å². The fourth-order valence-corrected chi connectivity index (χ4v) is 3.53. The Morgan fingerprint density at radius 2 is 1.97 bits per heavy atom. The first-order valence-corrected chi connectivity index (χ1v) is 9.89. The molecule has 1 heterocycles. The van der Waals surface area contributed by atoms with Gasteiger partial charge < -0.3 is 25.7 Å². The lowest BCUT2D eigenvalue weighted by molar-refractivity contribution is -0.149. The summed E-state index contributed by atoms with van der Waals surface area (Å²) in [6.07, 6.45) is -0.150. The molecular weight excluding hydrogens is 429 g/mol. The van der Waals surface area contributed by atoms with Crippen molar-refractivity contribution in [2.24, 2.45) is 0 Å². The Morgan fingerprint density at radius 3 is 2.68 bits per heavy atom. The quantitative estimate of drug-likeness (QED) is 0.470. The maximum Gasteiger partial charge on any atom is 0.268 e. The number of amides is 3. The topological polar surface area (TPSA) is 119 Å². The molecule has 2 aromatic carbocycles. The SMILES string of the molecule is O=C(NCCO)c1cccc(N2CC[C@](O)(C(=O)NCc3cc(F)cc(Cl)c3)C2=O)c1. The Balaban J connectivity index is 1.70. The largest absolute Gasteiger partial charge is 0.395 e. The molecule has 4 N–H and O–H groups in total. The zero-order valence-corrected chi connectivity index (χ0v) is 17.2. The molecule has 1 aliphatic rings. The lowest BCUT2D eigenvalue weighted by Gasteiger charge is -2.22. The van der Waals surface area contributed by atoms with E-state index in [1.807, 2.05) is 0 Å². The van der Waals surface area contributed by atoms with E-state index in [0.717, 1.165) is 6.07 Å². The van der Waals surface area contributed by atoms with E-state index >= 15 is 0 Å². The molecule has 0 radical (unpaired) electrons. The maximum atomic E-state index is 13.4. The highest BCUT2D eigenvalue weighted by Gasteiger charge is 2.51. The fourth-order valence-electron chi connectivity index (χ4n) is 3.29. The third-order valence-electron chi connectivity index (χ3n) is 4.86. The van der Waals surface area contributed by atoms with Crippen molar-refractivity contribution in [2.45, 2.75) is 18.6 Å². The number of hydrogen-bond donors (Lipinski definition) is 4. The number of aliphatic hydroxyl groups is 2. The summed E-state index contributed by atoms with van der Waals surface area (Å²) in [5, 5.41) is 24.7. The van der Waals surface area contributed by atoms with Crippen LogP contribution < -0.4 is 15.5 Å². The summed E-state index contributed by atoms with van der Waals surface area (Å²) >= 11 is 5.79. The predicted molar refractivity (Wildman–Crippen MR) is 111 cm³/mol. The molecular formula is C21H21ClFN3O5. The van der Waals surface area contributed by atoms with Crippen LogP contribution in [0.25, 0.3) is 0 Å². The molecule has 0 saturated carbocycles. The molecule has 31 heavy (non-hydrogen) atoms. The summed E-state index contributed by atoms with van der Waals surface area (Å²) in [5.74, 6) is -2.72. The first kappa shape index (κ1) is 22.7. The molecule has 1 aliphatic heterocycles. The molecule has 3 rings (SSSR count). The van der Waals surface area contributed by atoms with Gasteiger partial charge in [-0.25, -0.2) is 4.39 Å². The number of aliphatic hydroxyl groups excluding tert-OH is 1. The average molecular weight is 450 g/mol. The Kier molecular flexibility index (Phi) is 6.89. The van der Waals surface area contributed by atoms with Crippen LogP contribution in [-0.4, -0.2) is 53.2 Å². The highest BCUT2D eigenvalue weighted by molar-refractivity contribution is 6.30. The number of carbonyl (C=O) groups is 3. The minimum atomic E-state index is -2.29. The smallest absolute Gasteiger partial charge is 0.268 e. The molecule has 0 aromatic heterocycles. The highest BCUT2D eigenvalue weighted by atomic mass is 35.5. The van der Waals surface area contributed by atoms with Gasteiger partial charge in [0.1, 0.15) is 5.82 Å². The molecule has 10 heteroatoms. The normalized spacial score (nSPS) is 18.2. The number of carbonyl (C=O) groups excluding carboxylic acids is 3. The lowest BCUT2D eigenvalue weighted by Crippen LogP contribution is -2.52. The number of halogens is 2. The van der Waals surface area contributed by atoms with Gasteiger partial charge >= 0.3 is 0 Å². The van der Waals surface area contributed by atoms with Crippen LogP contribution >= 0.6 is 11.6 Å². The van der Waals surface area contributed by atoms with Crippen LogP contribution in [0.5, 0.6) is 0 Å². The van der Waals surface area contributed by atoms with Crippen LogP contribution in [0, 0.1) is 5.82 Å². The summed E-state index contributed by atoms with van der Waals surface area (Å²) in [6.45, 7) is -0.176. The molecule has 0 aliphatic carbocycles. The second-order valence-electron chi connectivity index (χ2n) is 7.06. The Bertz CT molecular complexity index is 998. The first-order chi connectivity index (χ1) is 14.7. The number of anilines is 1. The molecule has 0 unspecified atom stereocenters. The van der Waals surface area contributed by atoms with Crippen LogP contribution in [0.2, 0.25) is 5.02 Å². The van der Waals surface area contributed by atoms with Gasteiger partial charge in [-0.15, -0.1) is 0 Å². The van der Waals surface area contributed by atoms with E-state index in [9.17, 15) is 23.9 Å². The summed E-state index contributed by atoms with van der Waals surface area (Å²) in [4.78, 5) is 38.7. The maximum absolute atomic E-state index is 13.4. The summed E-state index contributed by atoms with van der Waals surface area (Å²) < 4.78 is 13.4. The van der Waals surface area contributed by atoms with Crippen LogP contribution in [0.15, 0.2) is 42.5 Å². The summed E-state index contributed by atoms with van der Waals surface area (Å²) in [6, 6.07) is 9.93. The van der Waals surface area contributed by atoms with E-state index in [1.54, 1.807) is 18.2 Å². The molecule has 164 valence electrons. The average Bonchev–Trinajstić information content (AvgIpc) is 3.05. The van der Waals surface area contributed by atoms with Crippen molar-refractivity contribution in [3.63, 3.8) is 0 Å². The van der Waals surface area contributed by atoms with Gasteiger partial charge in [0, 0.05) is 42.3 Å². The van der Waals surface area contributed by atoms with E-state index in [-0.39, 0.29) is 43.2 Å². The van der Waals surface area contributed by atoms with Crippen LogP contribution in [0.4, 0.5) is 10.1 Å². The van der Waals surface area contributed by atoms with Gasteiger partial charge in [-0.3, -0.25) is 14.4 Å². The lowest BCUT2D eigenvalue weighted by atomic mass is 10.0. The zero-order valence-electron chi connectivity index (χ0n) is 16.4. The third-order valence-corrected chi connectivity index (χ3v) is 5.08. The zero-order chi connectivity index (χ0) is 22.6. The number of rotatable bonds is 7. The minimum Gasteiger partial charge on any atom is -0.395 e. The minimum absolute atomic E-state index is 0.0657. The van der Waals surface area contributed by atoms with Crippen molar-refractivity contribution < 1.29 is 29.0 Å². The number of hydrogen-bond acceptors (Lipinski definition) is 5. The fraction of sp³-hybridized carbons (Fsp3) is 0.286. The van der Waals surface area contributed by atoms with E-state index in [0.29, 0.717) is 11.3 Å². The molecule has 1 fully saturated rings. The standard InChI is InChI=1S/C21H21ClFN3O5/c22-15-8-13(9-16(23)11-15)12-25-19(29)21(31)4-6-26(20(21)30)17-3-1-2-14(10-17)18(28)24-5-7-27/h1-3,8-11,27,31H,4-7,12H2,(H,24,28)(H,25,29)/t21-/m0/s1. The molecule has 1 saturated heterocycles. The van der Waals surface area contributed by atoms with Crippen molar-refractivity contribution in [3.05, 3.63) is 64.4 Å². The van der Waals surface area contributed by atoms with Gasteiger partial charge in [-0.2, -0.15) is 0 Å². The van der Waals surface area contributed by atoms with Gasteiger partial charge in [0.25, 0.3) is 17.7 Å². The Morgan fingerprint density at radius 1 is 1.19 bits per heavy atom. The van der Waals surface area contributed by atoms with E-state index < -0.39 is 29.1 Å². The second-order valence-corrected chi connectivity index (χ2v) is 7.49. The van der Waals surface area contributed by atoms with Gasteiger partial charge in [0.2, 0.25) is 5.60 Å². The predicted octanol–water partition coefficient (Wildman–Crippen LogP) is 0.985. The molecule has 8 nitrogen and oxygen atoms in total. The van der Waals surface area contributed by atoms with Crippen molar-refractivity contribution in [3.8, 4) is 0 Å². The van der Waals surface area contributed by atoms with Crippen LogP contribution in [0.1, 0.15) is 22.3 Å². The van der Waals surface area contributed by atoms with Crippen molar-refractivity contribution in [2.75, 3.05) is 24.6 Å². The van der Waals surface area contributed by atoms with E-state index in [4.69, 9.17) is 16.7 Å². The molecule has 3 amide bonds. The van der Waals surface area contributed by atoms with Gasteiger partial charge in [0.05, 0.1) is 6.61 Å². The molecule has 0 spiro atoms. The highest BCUT2D eigenvalue weighted by Crippen LogP contribution is 2.29. The van der Waals surface area contributed by atoms with Crippen LogP contribution in [-0.2, 0) is 16.1 Å². The Hall–Kier alpha value is -3.01. The van der Waals surface area contributed by atoms with Gasteiger partial charge in [0.15, 0.2) is 0 Å².